The maximum Gasteiger partial charge on any atom is 0.246 e. The summed E-state index contributed by atoms with van der Waals surface area (Å²) < 4.78 is 30.6. The standard InChI is InChI=1S/C8H13F2NO.ClH/c9-6(10)7-1-2-8(3-7,4-11)12-5-7;/h6H,1-5,11H2;1H. The van der Waals surface area contributed by atoms with Gasteiger partial charge in [0.25, 0.3) is 0 Å². The SMILES string of the molecule is Cl.NCC12CCC(C(F)F)(CO1)C2. The topological polar surface area (TPSA) is 35.2 Å². The Bertz CT molecular complexity index is 193. The van der Waals surface area contributed by atoms with Crippen LogP contribution < -0.4 is 5.73 Å². The van der Waals surface area contributed by atoms with Gasteiger partial charge in [-0.1, -0.05) is 0 Å². The minimum Gasteiger partial charge on any atom is -0.373 e. The zero-order chi connectivity index (χ0) is 8.82. The second-order valence-corrected chi connectivity index (χ2v) is 4.02. The molecule has 0 spiro atoms. The zero-order valence-corrected chi connectivity index (χ0v) is 8.08. The highest BCUT2D eigenvalue weighted by atomic mass is 35.5. The van der Waals surface area contributed by atoms with Gasteiger partial charge in [-0.05, 0) is 19.3 Å². The molecular formula is C8H14ClF2NO. The van der Waals surface area contributed by atoms with E-state index in [-0.39, 0.29) is 19.0 Å². The molecule has 2 N–H and O–H groups in total. The van der Waals surface area contributed by atoms with E-state index in [2.05, 4.69) is 0 Å². The molecule has 2 rings (SSSR count). The summed E-state index contributed by atoms with van der Waals surface area (Å²) in [6, 6.07) is 0. The van der Waals surface area contributed by atoms with Gasteiger partial charge in [0.15, 0.2) is 0 Å². The van der Waals surface area contributed by atoms with Crippen LogP contribution in [0.25, 0.3) is 0 Å². The molecule has 13 heavy (non-hydrogen) atoms. The lowest BCUT2D eigenvalue weighted by atomic mass is 9.88. The van der Waals surface area contributed by atoms with Crippen molar-refractivity contribution < 1.29 is 13.5 Å². The first-order valence-electron chi connectivity index (χ1n) is 4.25. The molecule has 2 fully saturated rings. The number of fused-ring (bicyclic) bond motifs is 2. The summed E-state index contributed by atoms with van der Waals surface area (Å²) in [5.74, 6) is 0. The van der Waals surface area contributed by atoms with Gasteiger partial charge >= 0.3 is 0 Å². The van der Waals surface area contributed by atoms with Crippen LogP contribution in [0.4, 0.5) is 8.78 Å². The Morgan fingerprint density at radius 1 is 1.38 bits per heavy atom. The van der Waals surface area contributed by atoms with E-state index in [4.69, 9.17) is 10.5 Å². The number of hydrogen-bond acceptors (Lipinski definition) is 2. The molecule has 0 aromatic heterocycles. The Morgan fingerprint density at radius 2 is 2.08 bits per heavy atom. The lowest BCUT2D eigenvalue weighted by Crippen LogP contribution is -2.35. The minimum atomic E-state index is -2.26. The van der Waals surface area contributed by atoms with Gasteiger partial charge in [-0.3, -0.25) is 0 Å². The third kappa shape index (κ3) is 1.45. The lowest BCUT2D eigenvalue weighted by molar-refractivity contribution is -0.0618. The number of hydrogen-bond donors (Lipinski definition) is 1. The molecule has 78 valence electrons. The molecule has 1 aliphatic heterocycles. The monoisotopic (exact) mass is 213 g/mol. The fourth-order valence-corrected chi connectivity index (χ4v) is 2.32. The summed E-state index contributed by atoms with van der Waals surface area (Å²) in [5.41, 5.74) is 4.23. The first kappa shape index (κ1) is 11.1. The van der Waals surface area contributed by atoms with Gasteiger partial charge in [0, 0.05) is 6.54 Å². The highest BCUT2D eigenvalue weighted by Gasteiger charge is 2.59. The van der Waals surface area contributed by atoms with E-state index in [9.17, 15) is 8.78 Å². The van der Waals surface area contributed by atoms with Gasteiger partial charge in [0.2, 0.25) is 6.43 Å². The predicted molar refractivity (Wildman–Crippen MR) is 47.3 cm³/mol. The average molecular weight is 214 g/mol. The lowest BCUT2D eigenvalue weighted by Gasteiger charge is -2.26. The molecule has 2 nitrogen and oxygen atoms in total. The molecule has 0 aromatic rings. The molecule has 5 heteroatoms. The van der Waals surface area contributed by atoms with Crippen LogP contribution in [0.15, 0.2) is 0 Å². The number of rotatable bonds is 2. The number of halogens is 3. The minimum absolute atomic E-state index is 0. The fraction of sp³-hybridized carbons (Fsp3) is 1.00. The zero-order valence-electron chi connectivity index (χ0n) is 7.26. The third-order valence-electron chi connectivity index (χ3n) is 3.25. The van der Waals surface area contributed by atoms with E-state index in [0.29, 0.717) is 25.8 Å². The van der Waals surface area contributed by atoms with Crippen LogP contribution in [0.5, 0.6) is 0 Å². The van der Waals surface area contributed by atoms with Crippen LogP contribution in [0.1, 0.15) is 19.3 Å². The van der Waals surface area contributed by atoms with Crippen molar-refractivity contribution in [1.82, 2.24) is 0 Å². The quantitative estimate of drug-likeness (QED) is 0.756. The third-order valence-corrected chi connectivity index (χ3v) is 3.25. The van der Waals surface area contributed by atoms with Gasteiger partial charge in [-0.2, -0.15) is 0 Å². The van der Waals surface area contributed by atoms with Crippen LogP contribution >= 0.6 is 12.4 Å². The molecule has 0 aromatic carbocycles. The van der Waals surface area contributed by atoms with Crippen LogP contribution in [0.2, 0.25) is 0 Å². The molecule has 1 aliphatic carbocycles. The van der Waals surface area contributed by atoms with E-state index in [0.717, 1.165) is 0 Å². The van der Waals surface area contributed by atoms with E-state index in [1.807, 2.05) is 0 Å². The first-order valence-corrected chi connectivity index (χ1v) is 4.25. The largest absolute Gasteiger partial charge is 0.373 e. The van der Waals surface area contributed by atoms with Crippen LogP contribution in [-0.2, 0) is 4.74 Å². The summed E-state index contributed by atoms with van der Waals surface area (Å²) in [5, 5.41) is 0. The second-order valence-electron chi connectivity index (χ2n) is 4.02. The Labute approximate surface area is 82.2 Å². The highest BCUT2D eigenvalue weighted by molar-refractivity contribution is 5.85. The molecule has 0 amide bonds. The molecular weight excluding hydrogens is 200 g/mol. The molecule has 2 aliphatic rings. The van der Waals surface area contributed by atoms with Gasteiger partial charge < -0.3 is 10.5 Å². The summed E-state index contributed by atoms with van der Waals surface area (Å²) >= 11 is 0. The summed E-state index contributed by atoms with van der Waals surface area (Å²) in [6.45, 7) is 0.573. The molecule has 1 heterocycles. The highest BCUT2D eigenvalue weighted by Crippen LogP contribution is 2.55. The van der Waals surface area contributed by atoms with E-state index in [1.54, 1.807) is 0 Å². The van der Waals surface area contributed by atoms with Crippen LogP contribution in [0, 0.1) is 5.41 Å². The van der Waals surface area contributed by atoms with Crippen molar-refractivity contribution in [2.75, 3.05) is 13.2 Å². The van der Waals surface area contributed by atoms with Crippen molar-refractivity contribution in [3.05, 3.63) is 0 Å². The van der Waals surface area contributed by atoms with Crippen molar-refractivity contribution in [2.24, 2.45) is 11.1 Å². The Balaban J connectivity index is 0.000000845. The number of alkyl halides is 2. The molecule has 2 unspecified atom stereocenters. The van der Waals surface area contributed by atoms with E-state index in [1.165, 1.54) is 0 Å². The average Bonchev–Trinajstić information content (AvgIpc) is 2.61. The molecule has 0 radical (unpaired) electrons. The molecule has 2 atom stereocenters. The van der Waals surface area contributed by atoms with Crippen molar-refractivity contribution in [3.8, 4) is 0 Å². The van der Waals surface area contributed by atoms with Gasteiger partial charge in [-0.25, -0.2) is 8.78 Å². The first-order chi connectivity index (χ1) is 5.63. The number of ether oxygens (including phenoxy) is 1. The van der Waals surface area contributed by atoms with Gasteiger partial charge in [-0.15, -0.1) is 12.4 Å². The predicted octanol–water partition coefficient (Wildman–Crippen LogP) is 1.57. The maximum atomic E-state index is 12.6. The van der Waals surface area contributed by atoms with Gasteiger partial charge in [0.1, 0.15) is 0 Å². The summed E-state index contributed by atoms with van der Waals surface area (Å²) in [4.78, 5) is 0. The van der Waals surface area contributed by atoms with Gasteiger partial charge in [0.05, 0.1) is 17.6 Å². The summed E-state index contributed by atoms with van der Waals surface area (Å²) in [7, 11) is 0. The molecule has 1 saturated carbocycles. The Hall–Kier alpha value is 0.0700. The van der Waals surface area contributed by atoms with Crippen molar-refractivity contribution >= 4 is 12.4 Å². The second kappa shape index (κ2) is 3.33. The molecule has 1 saturated heterocycles. The maximum absolute atomic E-state index is 12.6. The van der Waals surface area contributed by atoms with Crippen molar-refractivity contribution in [2.45, 2.75) is 31.3 Å². The Morgan fingerprint density at radius 3 is 2.31 bits per heavy atom. The van der Waals surface area contributed by atoms with Crippen LogP contribution in [-0.4, -0.2) is 25.2 Å². The fourth-order valence-electron chi connectivity index (χ4n) is 2.32. The van der Waals surface area contributed by atoms with Crippen molar-refractivity contribution in [1.29, 1.82) is 0 Å². The Kier molecular flexibility index (Phi) is 2.86. The normalized spacial score (nSPS) is 42.5. The van der Waals surface area contributed by atoms with E-state index >= 15 is 0 Å². The van der Waals surface area contributed by atoms with Crippen molar-refractivity contribution in [3.63, 3.8) is 0 Å². The van der Waals surface area contributed by atoms with E-state index < -0.39 is 17.4 Å². The number of nitrogens with two attached hydrogens (primary N) is 1. The van der Waals surface area contributed by atoms with Crippen LogP contribution in [0.3, 0.4) is 0 Å². The smallest absolute Gasteiger partial charge is 0.246 e. The summed E-state index contributed by atoms with van der Waals surface area (Å²) in [6.07, 6.45) is -0.530. The molecule has 2 bridgehead atoms.